The molecule has 4 heteroatoms. The van der Waals surface area contributed by atoms with Crippen molar-refractivity contribution in [1.29, 1.82) is 0 Å². The fourth-order valence-electron chi connectivity index (χ4n) is 2.79. The van der Waals surface area contributed by atoms with Gasteiger partial charge in [-0.15, -0.1) is 0 Å². The molecule has 4 nitrogen and oxygen atoms in total. The summed E-state index contributed by atoms with van der Waals surface area (Å²) < 4.78 is 1.77. The molecule has 2 heterocycles. The Hall–Kier alpha value is -2.10. The molecule has 0 N–H and O–H groups in total. The molecule has 2 aromatic rings. The van der Waals surface area contributed by atoms with E-state index in [0.717, 1.165) is 37.3 Å². The maximum Gasteiger partial charge on any atom is 0.272 e. The summed E-state index contributed by atoms with van der Waals surface area (Å²) in [6, 6.07) is 9.99. The monoisotopic (exact) mass is 283 g/mol. The lowest BCUT2D eigenvalue weighted by molar-refractivity contribution is 0.0715. The molecule has 0 radical (unpaired) electrons. The van der Waals surface area contributed by atoms with Crippen LogP contribution in [0, 0.1) is 13.8 Å². The third kappa shape index (κ3) is 2.84. The summed E-state index contributed by atoms with van der Waals surface area (Å²) in [7, 11) is 0. The summed E-state index contributed by atoms with van der Waals surface area (Å²) in [5.41, 5.74) is 3.68. The Labute approximate surface area is 125 Å². The van der Waals surface area contributed by atoms with E-state index in [4.69, 9.17) is 0 Å². The van der Waals surface area contributed by atoms with Crippen LogP contribution < -0.4 is 0 Å². The lowest BCUT2D eigenvalue weighted by Crippen LogP contribution is -2.36. The van der Waals surface area contributed by atoms with E-state index < -0.39 is 0 Å². The first-order valence-corrected chi connectivity index (χ1v) is 7.58. The maximum absolute atomic E-state index is 12.7. The van der Waals surface area contributed by atoms with Crippen LogP contribution in [0.25, 0.3) is 5.69 Å². The highest BCUT2D eigenvalue weighted by Gasteiger charge is 2.22. The highest BCUT2D eigenvalue weighted by Crippen LogP contribution is 2.18. The van der Waals surface area contributed by atoms with Gasteiger partial charge in [0.1, 0.15) is 5.69 Å². The van der Waals surface area contributed by atoms with Crippen LogP contribution in [0.3, 0.4) is 0 Å². The lowest BCUT2D eigenvalue weighted by Gasteiger charge is -2.26. The average Bonchev–Trinajstić information content (AvgIpc) is 2.90. The van der Waals surface area contributed by atoms with E-state index in [1.807, 2.05) is 42.2 Å². The maximum atomic E-state index is 12.7. The largest absolute Gasteiger partial charge is 0.337 e. The van der Waals surface area contributed by atoms with E-state index in [2.05, 4.69) is 12.0 Å². The molecule has 0 aliphatic carbocycles. The predicted molar refractivity (Wildman–Crippen MR) is 82.8 cm³/mol. The molecule has 1 aliphatic heterocycles. The van der Waals surface area contributed by atoms with Crippen LogP contribution in [0.5, 0.6) is 0 Å². The third-order valence-electron chi connectivity index (χ3n) is 3.97. The van der Waals surface area contributed by atoms with Gasteiger partial charge in [-0.2, -0.15) is 5.10 Å². The van der Waals surface area contributed by atoms with Gasteiger partial charge >= 0.3 is 0 Å². The number of hydrogen-bond acceptors (Lipinski definition) is 2. The zero-order valence-electron chi connectivity index (χ0n) is 12.7. The van der Waals surface area contributed by atoms with Crippen LogP contribution in [0.2, 0.25) is 0 Å². The Kier molecular flexibility index (Phi) is 3.78. The molecule has 110 valence electrons. The quantitative estimate of drug-likeness (QED) is 0.849. The van der Waals surface area contributed by atoms with Gasteiger partial charge in [0.2, 0.25) is 0 Å². The number of benzene rings is 1. The predicted octanol–water partition coefficient (Wildman–Crippen LogP) is 3.12. The summed E-state index contributed by atoms with van der Waals surface area (Å²) in [5.74, 6) is 0.0934. The first-order valence-electron chi connectivity index (χ1n) is 7.58. The molecule has 0 saturated carbocycles. The number of piperidine rings is 1. The van der Waals surface area contributed by atoms with Gasteiger partial charge in [-0.1, -0.05) is 17.7 Å². The minimum absolute atomic E-state index is 0.0934. The summed E-state index contributed by atoms with van der Waals surface area (Å²) in [5, 5.41) is 4.50. The molecule has 0 bridgehead atoms. The molecule has 0 unspecified atom stereocenters. The molecule has 1 fully saturated rings. The summed E-state index contributed by atoms with van der Waals surface area (Å²) in [6.45, 7) is 5.70. The Bertz CT molecular complexity index is 637. The van der Waals surface area contributed by atoms with Gasteiger partial charge in [0.25, 0.3) is 5.91 Å². The van der Waals surface area contributed by atoms with Gasteiger partial charge in [0, 0.05) is 13.1 Å². The number of aryl methyl sites for hydroxylation is 2. The van der Waals surface area contributed by atoms with Crippen molar-refractivity contribution in [3.05, 3.63) is 47.3 Å². The highest BCUT2D eigenvalue weighted by atomic mass is 16.2. The molecule has 1 saturated heterocycles. The second kappa shape index (κ2) is 5.72. The second-order valence-electron chi connectivity index (χ2n) is 5.77. The van der Waals surface area contributed by atoms with Crippen LogP contribution in [0.1, 0.15) is 41.0 Å². The zero-order chi connectivity index (χ0) is 14.8. The van der Waals surface area contributed by atoms with E-state index >= 15 is 0 Å². The van der Waals surface area contributed by atoms with Crippen molar-refractivity contribution in [2.45, 2.75) is 33.1 Å². The van der Waals surface area contributed by atoms with E-state index in [9.17, 15) is 4.79 Å². The molecular formula is C17H21N3O. The van der Waals surface area contributed by atoms with Crippen molar-refractivity contribution in [3.8, 4) is 5.69 Å². The van der Waals surface area contributed by atoms with Crippen LogP contribution >= 0.6 is 0 Å². The number of carbonyl (C=O) groups excluding carboxylic acids is 1. The number of amides is 1. The SMILES string of the molecule is Cc1ccc(-n2nc(C)cc2C(=O)N2CCCCC2)cc1. The Morgan fingerprint density at radius 1 is 1.05 bits per heavy atom. The van der Waals surface area contributed by atoms with Gasteiger partial charge in [-0.3, -0.25) is 4.79 Å². The first-order chi connectivity index (χ1) is 10.1. The number of nitrogens with zero attached hydrogens (tertiary/aromatic N) is 3. The topological polar surface area (TPSA) is 38.1 Å². The fraction of sp³-hybridized carbons (Fsp3) is 0.412. The summed E-state index contributed by atoms with van der Waals surface area (Å²) in [4.78, 5) is 14.7. The van der Waals surface area contributed by atoms with Gasteiger partial charge in [-0.25, -0.2) is 4.68 Å². The lowest BCUT2D eigenvalue weighted by atomic mass is 10.1. The third-order valence-corrected chi connectivity index (χ3v) is 3.97. The highest BCUT2D eigenvalue weighted by molar-refractivity contribution is 5.93. The minimum Gasteiger partial charge on any atom is -0.337 e. The summed E-state index contributed by atoms with van der Waals surface area (Å²) >= 11 is 0. The average molecular weight is 283 g/mol. The van der Waals surface area contributed by atoms with Crippen molar-refractivity contribution in [2.24, 2.45) is 0 Å². The van der Waals surface area contributed by atoms with Gasteiger partial charge in [0.15, 0.2) is 0 Å². The smallest absolute Gasteiger partial charge is 0.272 e. The number of carbonyl (C=O) groups is 1. The Morgan fingerprint density at radius 2 is 1.71 bits per heavy atom. The van der Waals surface area contributed by atoms with E-state index in [1.165, 1.54) is 12.0 Å². The van der Waals surface area contributed by atoms with Gasteiger partial charge in [0.05, 0.1) is 11.4 Å². The molecule has 1 aromatic carbocycles. The van der Waals surface area contributed by atoms with Crippen LogP contribution in [0.15, 0.2) is 30.3 Å². The molecule has 0 atom stereocenters. The van der Waals surface area contributed by atoms with E-state index in [0.29, 0.717) is 5.69 Å². The molecule has 1 amide bonds. The first kappa shape index (κ1) is 13.9. The molecule has 1 aromatic heterocycles. The van der Waals surface area contributed by atoms with Crippen LogP contribution in [-0.4, -0.2) is 33.7 Å². The van der Waals surface area contributed by atoms with E-state index in [-0.39, 0.29) is 5.91 Å². The Morgan fingerprint density at radius 3 is 2.38 bits per heavy atom. The van der Waals surface area contributed by atoms with Crippen molar-refractivity contribution >= 4 is 5.91 Å². The molecule has 0 spiro atoms. The van der Waals surface area contributed by atoms with Gasteiger partial charge in [-0.05, 0) is 51.3 Å². The van der Waals surface area contributed by atoms with Crippen LogP contribution in [0.4, 0.5) is 0 Å². The van der Waals surface area contributed by atoms with Crippen molar-refractivity contribution in [2.75, 3.05) is 13.1 Å². The fourth-order valence-corrected chi connectivity index (χ4v) is 2.79. The molecule has 21 heavy (non-hydrogen) atoms. The molecular weight excluding hydrogens is 262 g/mol. The zero-order valence-corrected chi connectivity index (χ0v) is 12.7. The van der Waals surface area contributed by atoms with Crippen molar-refractivity contribution in [3.63, 3.8) is 0 Å². The Balaban J connectivity index is 1.95. The van der Waals surface area contributed by atoms with E-state index in [1.54, 1.807) is 4.68 Å². The van der Waals surface area contributed by atoms with Gasteiger partial charge < -0.3 is 4.90 Å². The second-order valence-corrected chi connectivity index (χ2v) is 5.77. The standard InChI is InChI=1S/C17H21N3O/c1-13-6-8-15(9-7-13)20-16(12-14(2)18-20)17(21)19-10-4-3-5-11-19/h6-9,12H,3-5,10-11H2,1-2H3. The number of likely N-dealkylation sites (tertiary alicyclic amines) is 1. The van der Waals surface area contributed by atoms with Crippen LogP contribution in [-0.2, 0) is 0 Å². The van der Waals surface area contributed by atoms with Crippen molar-refractivity contribution in [1.82, 2.24) is 14.7 Å². The number of aromatic nitrogens is 2. The van der Waals surface area contributed by atoms with Crippen molar-refractivity contribution < 1.29 is 4.79 Å². The minimum atomic E-state index is 0.0934. The normalized spacial score (nSPS) is 15.2. The molecule has 1 aliphatic rings. The number of rotatable bonds is 2. The number of hydrogen-bond donors (Lipinski definition) is 0. The summed E-state index contributed by atoms with van der Waals surface area (Å²) in [6.07, 6.45) is 3.42. The molecule has 3 rings (SSSR count).